The summed E-state index contributed by atoms with van der Waals surface area (Å²) in [5.74, 6) is 0. The quantitative estimate of drug-likeness (QED) is 0.594. The first-order valence-electron chi connectivity index (χ1n) is 3.50. The minimum absolute atomic E-state index is 0.0451. The van der Waals surface area contributed by atoms with Gasteiger partial charge in [0.05, 0.1) is 18.3 Å². The smallest absolute Gasteiger partial charge is 0.0785 e. The van der Waals surface area contributed by atoms with Crippen LogP contribution in [0, 0.1) is 0 Å². The molecule has 0 aliphatic carbocycles. The molecule has 0 amide bonds. The number of hydrogen-bond donors (Lipinski definition) is 2. The zero-order valence-corrected chi connectivity index (χ0v) is 6.92. The highest BCUT2D eigenvalue weighted by molar-refractivity contribution is 4.70. The molecule has 0 spiro atoms. The summed E-state index contributed by atoms with van der Waals surface area (Å²) < 4.78 is 5.36. The molecule has 0 heterocycles. The predicted molar refractivity (Wildman–Crippen MR) is 40.8 cm³/mol. The van der Waals surface area contributed by atoms with Gasteiger partial charge >= 0.3 is 0 Å². The van der Waals surface area contributed by atoms with Crippen LogP contribution < -0.4 is 5.73 Å². The molecule has 62 valence electrons. The first kappa shape index (κ1) is 9.88. The van der Waals surface area contributed by atoms with Crippen LogP contribution >= 0.6 is 0 Å². The van der Waals surface area contributed by atoms with Crippen LogP contribution in [0.25, 0.3) is 0 Å². The molecule has 0 saturated heterocycles. The van der Waals surface area contributed by atoms with E-state index in [1.807, 2.05) is 20.8 Å². The van der Waals surface area contributed by atoms with Gasteiger partial charge in [0.2, 0.25) is 0 Å². The Balaban J connectivity index is 3.64. The molecule has 0 aliphatic rings. The number of ether oxygens (including phenoxy) is 1. The number of rotatable bonds is 4. The van der Waals surface area contributed by atoms with Gasteiger partial charge in [0.1, 0.15) is 0 Å². The molecule has 0 aromatic rings. The van der Waals surface area contributed by atoms with Gasteiger partial charge in [-0.1, -0.05) is 0 Å². The van der Waals surface area contributed by atoms with Crippen molar-refractivity contribution in [1.82, 2.24) is 0 Å². The van der Waals surface area contributed by atoms with E-state index in [2.05, 4.69) is 0 Å². The third-order valence-electron chi connectivity index (χ3n) is 1.27. The summed E-state index contributed by atoms with van der Waals surface area (Å²) in [5, 5.41) is 8.63. The Kier molecular flexibility index (Phi) is 3.86. The summed E-state index contributed by atoms with van der Waals surface area (Å²) in [6.45, 7) is 6.14. The molecule has 3 heteroatoms. The van der Waals surface area contributed by atoms with Crippen molar-refractivity contribution >= 4 is 0 Å². The Labute approximate surface area is 62.2 Å². The molecule has 0 rings (SSSR count). The Hall–Kier alpha value is -0.120. The van der Waals surface area contributed by atoms with Gasteiger partial charge in [-0.25, -0.2) is 0 Å². The normalized spacial score (nSPS) is 15.3. The topological polar surface area (TPSA) is 55.5 Å². The van der Waals surface area contributed by atoms with Crippen molar-refractivity contribution in [2.45, 2.75) is 32.5 Å². The van der Waals surface area contributed by atoms with E-state index in [1.165, 1.54) is 0 Å². The van der Waals surface area contributed by atoms with Gasteiger partial charge in [-0.3, -0.25) is 0 Å². The molecule has 0 fully saturated rings. The van der Waals surface area contributed by atoms with Crippen molar-refractivity contribution < 1.29 is 9.84 Å². The lowest BCUT2D eigenvalue weighted by Gasteiger charge is -2.26. The summed E-state index contributed by atoms with van der Waals surface area (Å²) in [6, 6.07) is 0. The average molecular weight is 147 g/mol. The van der Waals surface area contributed by atoms with Gasteiger partial charge in [0, 0.05) is 6.54 Å². The lowest BCUT2D eigenvalue weighted by Crippen LogP contribution is -2.38. The van der Waals surface area contributed by atoms with Crippen LogP contribution in [0.4, 0.5) is 0 Å². The van der Waals surface area contributed by atoms with Crippen LogP contribution in [-0.4, -0.2) is 30.0 Å². The molecule has 0 aromatic carbocycles. The highest BCUT2D eigenvalue weighted by atomic mass is 16.5. The maximum atomic E-state index is 8.63. The molecule has 0 bridgehead atoms. The van der Waals surface area contributed by atoms with E-state index in [1.54, 1.807) is 0 Å². The third-order valence-corrected chi connectivity index (χ3v) is 1.27. The van der Waals surface area contributed by atoms with Crippen molar-refractivity contribution in [3.63, 3.8) is 0 Å². The van der Waals surface area contributed by atoms with E-state index >= 15 is 0 Å². The fourth-order valence-corrected chi connectivity index (χ4v) is 0.630. The van der Waals surface area contributed by atoms with Gasteiger partial charge in [0.25, 0.3) is 0 Å². The monoisotopic (exact) mass is 147 g/mol. The minimum Gasteiger partial charge on any atom is -0.394 e. The summed E-state index contributed by atoms with van der Waals surface area (Å²) in [6.07, 6.45) is -0.126. The SMILES string of the molecule is CC(CO)OC(C)(C)CN. The molecule has 3 nitrogen and oxygen atoms in total. The predicted octanol–water partition coefficient (Wildman–Crippen LogP) is 0.121. The highest BCUT2D eigenvalue weighted by Gasteiger charge is 2.18. The molecule has 3 N–H and O–H groups in total. The summed E-state index contributed by atoms with van der Waals surface area (Å²) >= 11 is 0. The van der Waals surface area contributed by atoms with Gasteiger partial charge in [-0.15, -0.1) is 0 Å². The Morgan fingerprint density at radius 3 is 2.40 bits per heavy atom. The van der Waals surface area contributed by atoms with Crippen LogP contribution in [0.1, 0.15) is 20.8 Å². The van der Waals surface area contributed by atoms with Crippen molar-refractivity contribution in [1.29, 1.82) is 0 Å². The highest BCUT2D eigenvalue weighted by Crippen LogP contribution is 2.09. The van der Waals surface area contributed by atoms with Crippen LogP contribution in [0.5, 0.6) is 0 Å². The molecular weight excluding hydrogens is 130 g/mol. The zero-order valence-electron chi connectivity index (χ0n) is 6.92. The number of aliphatic hydroxyl groups is 1. The molecule has 0 saturated carbocycles. The maximum absolute atomic E-state index is 8.63. The van der Waals surface area contributed by atoms with E-state index in [0.717, 1.165) is 0 Å². The van der Waals surface area contributed by atoms with Gasteiger partial charge in [-0.05, 0) is 20.8 Å². The van der Waals surface area contributed by atoms with Crippen LogP contribution in [0.2, 0.25) is 0 Å². The van der Waals surface area contributed by atoms with E-state index in [0.29, 0.717) is 6.54 Å². The second-order valence-electron chi connectivity index (χ2n) is 3.07. The van der Waals surface area contributed by atoms with Crippen molar-refractivity contribution in [2.75, 3.05) is 13.2 Å². The Morgan fingerprint density at radius 1 is 1.60 bits per heavy atom. The van der Waals surface area contributed by atoms with Crippen LogP contribution in [0.3, 0.4) is 0 Å². The Morgan fingerprint density at radius 2 is 2.10 bits per heavy atom. The first-order valence-corrected chi connectivity index (χ1v) is 3.50. The van der Waals surface area contributed by atoms with Crippen molar-refractivity contribution in [2.24, 2.45) is 5.73 Å². The molecule has 10 heavy (non-hydrogen) atoms. The van der Waals surface area contributed by atoms with Crippen LogP contribution in [0.15, 0.2) is 0 Å². The molecule has 0 radical (unpaired) electrons. The number of nitrogens with two attached hydrogens (primary N) is 1. The second-order valence-corrected chi connectivity index (χ2v) is 3.07. The average Bonchev–Trinajstić information content (AvgIpc) is 1.87. The van der Waals surface area contributed by atoms with E-state index in [-0.39, 0.29) is 18.3 Å². The van der Waals surface area contributed by atoms with Gasteiger partial charge in [-0.2, -0.15) is 0 Å². The number of aliphatic hydroxyl groups excluding tert-OH is 1. The van der Waals surface area contributed by atoms with Crippen molar-refractivity contribution in [3.8, 4) is 0 Å². The van der Waals surface area contributed by atoms with Crippen LogP contribution in [-0.2, 0) is 4.74 Å². The maximum Gasteiger partial charge on any atom is 0.0785 e. The van der Waals surface area contributed by atoms with Gasteiger partial charge in [0.15, 0.2) is 0 Å². The molecule has 1 atom stereocenters. The molecular formula is C7H17NO2. The third kappa shape index (κ3) is 3.82. The summed E-state index contributed by atoms with van der Waals surface area (Å²) in [4.78, 5) is 0. The molecule has 0 aromatic heterocycles. The fourth-order valence-electron chi connectivity index (χ4n) is 0.630. The Bertz CT molecular complexity index is 93.6. The van der Waals surface area contributed by atoms with Gasteiger partial charge < -0.3 is 15.6 Å². The molecule has 1 unspecified atom stereocenters. The van der Waals surface area contributed by atoms with E-state index < -0.39 is 0 Å². The number of hydrogen-bond acceptors (Lipinski definition) is 3. The standard InChI is InChI=1S/C7H17NO2/c1-6(4-9)10-7(2,3)5-8/h6,9H,4-5,8H2,1-3H3. The minimum atomic E-state index is -0.317. The molecule has 0 aliphatic heterocycles. The second kappa shape index (κ2) is 3.91. The van der Waals surface area contributed by atoms with E-state index in [9.17, 15) is 0 Å². The lowest BCUT2D eigenvalue weighted by atomic mass is 10.1. The summed E-state index contributed by atoms with van der Waals surface area (Å²) in [7, 11) is 0. The fraction of sp³-hybridized carbons (Fsp3) is 1.00. The largest absolute Gasteiger partial charge is 0.394 e. The zero-order chi connectivity index (χ0) is 8.20. The van der Waals surface area contributed by atoms with E-state index in [4.69, 9.17) is 15.6 Å². The first-order chi connectivity index (χ1) is 4.52. The summed E-state index contributed by atoms with van der Waals surface area (Å²) in [5.41, 5.74) is 5.09. The van der Waals surface area contributed by atoms with Crippen molar-refractivity contribution in [3.05, 3.63) is 0 Å². The lowest BCUT2D eigenvalue weighted by molar-refractivity contribution is -0.0761.